The summed E-state index contributed by atoms with van der Waals surface area (Å²) in [4.78, 5) is 42.7. The summed E-state index contributed by atoms with van der Waals surface area (Å²) < 4.78 is 41.5. The standard InChI is InChI=1S/C31H30F3N7O3.C3H6O/c1-18(2)39-28-30(44)41(25(16-38-28)22-12-23(31(32,33)34)14-24(35)13-22)17-26(42)37-15-19-8-10-20(11-9-19)27(36)40-29(43)21-6-4-3-5-7-21;1-3(2)4/h3-14,16,18H,15,17,35H2,1-2H3,(H,37,42)(H,38,39)(H2,36,40,43);4H,1H2,2H3. The van der Waals surface area contributed by atoms with Crippen LogP contribution in [0, 0.1) is 5.41 Å². The van der Waals surface area contributed by atoms with E-state index in [-0.39, 0.29) is 46.9 Å². The fourth-order valence-corrected chi connectivity index (χ4v) is 4.25. The van der Waals surface area contributed by atoms with E-state index in [0.29, 0.717) is 16.7 Å². The average Bonchev–Trinajstić information content (AvgIpc) is 3.01. The number of benzene rings is 3. The Kier molecular flexibility index (Phi) is 12.2. The number of amides is 2. The zero-order valence-electron chi connectivity index (χ0n) is 26.5. The molecule has 0 aliphatic carbocycles. The van der Waals surface area contributed by atoms with Crippen LogP contribution in [0.25, 0.3) is 11.3 Å². The lowest BCUT2D eigenvalue weighted by atomic mass is 10.1. The van der Waals surface area contributed by atoms with Crippen LogP contribution in [-0.4, -0.2) is 38.3 Å². The molecular weight excluding hydrogens is 627 g/mol. The summed E-state index contributed by atoms with van der Waals surface area (Å²) in [7, 11) is 0. The molecule has 0 spiro atoms. The Morgan fingerprint density at radius 2 is 1.67 bits per heavy atom. The van der Waals surface area contributed by atoms with Gasteiger partial charge >= 0.3 is 6.18 Å². The first kappa shape index (κ1) is 36.5. The molecule has 252 valence electrons. The molecule has 3 aromatic carbocycles. The number of carbonyl (C=O) groups excluding carboxylic acids is 2. The van der Waals surface area contributed by atoms with Crippen molar-refractivity contribution in [2.45, 2.75) is 46.1 Å². The topological polar surface area (TPSA) is 175 Å². The van der Waals surface area contributed by atoms with Gasteiger partial charge in [-0.1, -0.05) is 49.0 Å². The molecule has 7 N–H and O–H groups in total. The van der Waals surface area contributed by atoms with Gasteiger partial charge in [-0.25, -0.2) is 4.98 Å². The van der Waals surface area contributed by atoms with Gasteiger partial charge in [-0.15, -0.1) is 0 Å². The number of aliphatic hydroxyl groups excluding tert-OH is 1. The first-order valence-corrected chi connectivity index (χ1v) is 14.5. The van der Waals surface area contributed by atoms with Crippen LogP contribution in [0.1, 0.15) is 47.8 Å². The SMILES string of the molecule is C=C(C)O.CC(C)Nc1ncc(-c2cc(N)cc(C(F)(F)F)c2)n(CC(=O)NCc2ccc(C(=N)NC(=O)c3ccccc3)cc2)c1=O. The number of nitrogen functional groups attached to an aromatic ring is 1. The molecule has 0 radical (unpaired) electrons. The number of amidine groups is 1. The smallest absolute Gasteiger partial charge is 0.416 e. The van der Waals surface area contributed by atoms with Crippen molar-refractivity contribution < 1.29 is 27.9 Å². The number of nitrogens with one attached hydrogen (secondary N) is 4. The second-order valence-electron chi connectivity index (χ2n) is 10.9. The van der Waals surface area contributed by atoms with Crippen LogP contribution < -0.4 is 27.2 Å². The number of allylic oxidation sites excluding steroid dienone is 1. The first-order chi connectivity index (χ1) is 22.5. The van der Waals surface area contributed by atoms with E-state index in [1.165, 1.54) is 19.2 Å². The summed E-state index contributed by atoms with van der Waals surface area (Å²) >= 11 is 0. The maximum Gasteiger partial charge on any atom is 0.416 e. The normalized spacial score (nSPS) is 10.8. The van der Waals surface area contributed by atoms with Gasteiger partial charge in [-0.2, -0.15) is 13.2 Å². The average molecular weight is 664 g/mol. The monoisotopic (exact) mass is 663 g/mol. The number of hydrogen-bond acceptors (Lipinski definition) is 8. The number of carbonyl (C=O) groups is 2. The van der Waals surface area contributed by atoms with Crippen LogP contribution in [0.3, 0.4) is 0 Å². The summed E-state index contributed by atoms with van der Waals surface area (Å²) in [6.45, 7) is 7.76. The predicted octanol–water partition coefficient (Wildman–Crippen LogP) is 5.48. The lowest BCUT2D eigenvalue weighted by molar-refractivity contribution is -0.137. The van der Waals surface area contributed by atoms with Crippen molar-refractivity contribution in [1.82, 2.24) is 20.2 Å². The van der Waals surface area contributed by atoms with Crippen LogP contribution in [0.5, 0.6) is 0 Å². The first-order valence-electron chi connectivity index (χ1n) is 14.5. The molecule has 2 amide bonds. The van der Waals surface area contributed by atoms with E-state index in [9.17, 15) is 27.6 Å². The number of halogens is 3. The van der Waals surface area contributed by atoms with E-state index < -0.39 is 35.7 Å². The Morgan fingerprint density at radius 3 is 2.25 bits per heavy atom. The van der Waals surface area contributed by atoms with Crippen molar-refractivity contribution in [3.05, 3.63) is 124 Å². The van der Waals surface area contributed by atoms with Crippen molar-refractivity contribution >= 4 is 29.2 Å². The molecule has 48 heavy (non-hydrogen) atoms. The van der Waals surface area contributed by atoms with Crippen molar-refractivity contribution in [2.24, 2.45) is 0 Å². The minimum Gasteiger partial charge on any atom is -0.513 e. The van der Waals surface area contributed by atoms with E-state index in [1.54, 1.807) is 68.4 Å². The number of anilines is 2. The molecule has 4 aromatic rings. The minimum atomic E-state index is -4.68. The molecule has 11 nitrogen and oxygen atoms in total. The van der Waals surface area contributed by atoms with Crippen LogP contribution in [0.15, 0.2) is 96.1 Å². The molecular formula is C34H36F3N7O4. The van der Waals surface area contributed by atoms with E-state index >= 15 is 0 Å². The fourth-order valence-electron chi connectivity index (χ4n) is 4.25. The molecule has 0 fully saturated rings. The third-order valence-corrected chi connectivity index (χ3v) is 6.37. The third-order valence-electron chi connectivity index (χ3n) is 6.37. The highest BCUT2D eigenvalue weighted by Gasteiger charge is 2.31. The Balaban J connectivity index is 0.00000148. The highest BCUT2D eigenvalue weighted by Crippen LogP contribution is 2.34. The molecule has 0 aliphatic rings. The van der Waals surface area contributed by atoms with Gasteiger partial charge in [0.25, 0.3) is 11.5 Å². The summed E-state index contributed by atoms with van der Waals surface area (Å²) in [6.07, 6.45) is -3.46. The number of rotatable bonds is 9. The number of nitrogens with two attached hydrogens (primary N) is 1. The highest BCUT2D eigenvalue weighted by atomic mass is 19.4. The second kappa shape index (κ2) is 16.1. The van der Waals surface area contributed by atoms with Gasteiger partial charge in [-0.3, -0.25) is 24.4 Å². The van der Waals surface area contributed by atoms with Crippen molar-refractivity contribution in [2.75, 3.05) is 11.1 Å². The van der Waals surface area contributed by atoms with Crippen LogP contribution in [0.2, 0.25) is 0 Å². The van der Waals surface area contributed by atoms with Crippen LogP contribution in [-0.2, 0) is 24.1 Å². The highest BCUT2D eigenvalue weighted by molar-refractivity contribution is 6.11. The quantitative estimate of drug-likeness (QED) is 0.0595. The Morgan fingerprint density at radius 1 is 1.04 bits per heavy atom. The van der Waals surface area contributed by atoms with Crippen LogP contribution >= 0.6 is 0 Å². The Bertz CT molecular complexity index is 1830. The lowest BCUT2D eigenvalue weighted by Gasteiger charge is -2.17. The zero-order valence-corrected chi connectivity index (χ0v) is 26.5. The lowest BCUT2D eigenvalue weighted by Crippen LogP contribution is -2.35. The molecule has 1 heterocycles. The van der Waals surface area contributed by atoms with Gasteiger partial charge in [0.1, 0.15) is 12.4 Å². The summed E-state index contributed by atoms with van der Waals surface area (Å²) in [5.41, 5.74) is 5.36. The summed E-state index contributed by atoms with van der Waals surface area (Å²) in [5, 5.41) is 24.2. The number of aliphatic hydroxyl groups is 1. The Labute approximate surface area is 274 Å². The molecule has 0 unspecified atom stereocenters. The minimum absolute atomic E-state index is 0.0160. The number of alkyl halides is 3. The molecule has 1 aromatic heterocycles. The van der Waals surface area contributed by atoms with Gasteiger partial charge in [0.05, 0.1) is 23.2 Å². The molecule has 0 bridgehead atoms. The van der Waals surface area contributed by atoms with Gasteiger partial charge in [0.2, 0.25) is 5.91 Å². The van der Waals surface area contributed by atoms with E-state index in [2.05, 4.69) is 27.5 Å². The maximum atomic E-state index is 13.5. The molecule has 0 aliphatic heterocycles. The van der Waals surface area contributed by atoms with Crippen molar-refractivity contribution in [1.29, 1.82) is 5.41 Å². The van der Waals surface area contributed by atoms with Gasteiger partial charge < -0.3 is 26.8 Å². The summed E-state index contributed by atoms with van der Waals surface area (Å²) in [6, 6.07) is 17.8. The van der Waals surface area contributed by atoms with Gasteiger partial charge in [-0.05, 0) is 56.7 Å². The predicted molar refractivity (Wildman–Crippen MR) is 179 cm³/mol. The van der Waals surface area contributed by atoms with Gasteiger partial charge in [0.15, 0.2) is 5.82 Å². The molecule has 0 saturated carbocycles. The number of aromatic nitrogens is 2. The summed E-state index contributed by atoms with van der Waals surface area (Å²) in [5.74, 6) is -0.992. The Hall–Kier alpha value is -5.92. The molecule has 4 rings (SSSR count). The van der Waals surface area contributed by atoms with E-state index in [4.69, 9.17) is 16.2 Å². The molecule has 0 saturated heterocycles. The van der Waals surface area contributed by atoms with Crippen molar-refractivity contribution in [3.63, 3.8) is 0 Å². The van der Waals surface area contributed by atoms with Crippen LogP contribution in [0.4, 0.5) is 24.7 Å². The van der Waals surface area contributed by atoms with Gasteiger partial charge in [0, 0.05) is 35.0 Å². The third kappa shape index (κ3) is 10.6. The van der Waals surface area contributed by atoms with Crippen molar-refractivity contribution in [3.8, 4) is 11.3 Å². The zero-order chi connectivity index (χ0) is 35.6. The largest absolute Gasteiger partial charge is 0.513 e. The maximum absolute atomic E-state index is 13.5. The molecule has 0 atom stereocenters. The number of hydrogen-bond donors (Lipinski definition) is 6. The second-order valence-corrected chi connectivity index (χ2v) is 10.9. The number of nitrogens with zero attached hydrogens (tertiary/aromatic N) is 2. The molecule has 14 heteroatoms. The fraction of sp³-hybridized carbons (Fsp3) is 0.206. The van der Waals surface area contributed by atoms with E-state index in [0.717, 1.165) is 16.7 Å². The van der Waals surface area contributed by atoms with E-state index in [1.807, 2.05) is 0 Å².